The van der Waals surface area contributed by atoms with E-state index < -0.39 is 0 Å². The second kappa shape index (κ2) is 8.52. The third-order valence-corrected chi connectivity index (χ3v) is 5.11. The number of methoxy groups -OCH3 is 2. The van der Waals surface area contributed by atoms with Gasteiger partial charge in [0.1, 0.15) is 5.52 Å². The normalized spacial score (nSPS) is 11.0. The van der Waals surface area contributed by atoms with Gasteiger partial charge >= 0.3 is 0 Å². The average molecular weight is 416 g/mol. The van der Waals surface area contributed by atoms with Crippen molar-refractivity contribution in [2.24, 2.45) is 0 Å². The highest BCUT2D eigenvalue weighted by Crippen LogP contribution is 2.29. The molecular formula is C25H24N2O4. The molecule has 0 fully saturated rings. The lowest BCUT2D eigenvalue weighted by Crippen LogP contribution is -2.12. The highest BCUT2D eigenvalue weighted by Gasteiger charge is 2.13. The van der Waals surface area contributed by atoms with Crippen molar-refractivity contribution in [3.8, 4) is 23.0 Å². The molecule has 1 N–H and O–H groups in total. The van der Waals surface area contributed by atoms with E-state index in [0.29, 0.717) is 34.6 Å². The van der Waals surface area contributed by atoms with Crippen LogP contribution in [0.15, 0.2) is 65.1 Å². The summed E-state index contributed by atoms with van der Waals surface area (Å²) in [5, 5.41) is 2.89. The maximum atomic E-state index is 12.6. The van der Waals surface area contributed by atoms with Gasteiger partial charge in [0.25, 0.3) is 5.91 Å². The molecular weight excluding hydrogens is 392 g/mol. The maximum absolute atomic E-state index is 12.6. The summed E-state index contributed by atoms with van der Waals surface area (Å²) >= 11 is 0. The Morgan fingerprint density at radius 1 is 0.935 bits per heavy atom. The quantitative estimate of drug-likeness (QED) is 0.424. The van der Waals surface area contributed by atoms with Crippen LogP contribution in [0.4, 0.5) is 5.69 Å². The first-order valence-corrected chi connectivity index (χ1v) is 10.0. The Bertz CT molecular complexity index is 1230. The molecule has 31 heavy (non-hydrogen) atoms. The Kier molecular flexibility index (Phi) is 5.62. The summed E-state index contributed by atoms with van der Waals surface area (Å²) in [4.78, 5) is 17.2. The smallest absolute Gasteiger partial charge is 0.255 e. The molecule has 0 unspecified atom stereocenters. The zero-order chi connectivity index (χ0) is 22.0. The van der Waals surface area contributed by atoms with Crippen LogP contribution in [0.2, 0.25) is 0 Å². The van der Waals surface area contributed by atoms with Gasteiger partial charge in [0.05, 0.1) is 14.2 Å². The first-order chi connectivity index (χ1) is 15.0. The van der Waals surface area contributed by atoms with Crippen LogP contribution >= 0.6 is 0 Å². The average Bonchev–Trinajstić information content (AvgIpc) is 3.22. The lowest BCUT2D eigenvalue weighted by molar-refractivity contribution is 0.102. The van der Waals surface area contributed by atoms with E-state index in [1.54, 1.807) is 25.3 Å². The highest BCUT2D eigenvalue weighted by molar-refractivity contribution is 6.04. The molecule has 6 heteroatoms. The molecule has 0 bridgehead atoms. The van der Waals surface area contributed by atoms with Crippen molar-refractivity contribution in [1.29, 1.82) is 0 Å². The van der Waals surface area contributed by atoms with Gasteiger partial charge in [0.15, 0.2) is 17.1 Å². The number of fused-ring (bicyclic) bond motifs is 1. The predicted octanol–water partition coefficient (Wildman–Crippen LogP) is 5.89. The first kappa shape index (κ1) is 20.5. The van der Waals surface area contributed by atoms with E-state index in [1.165, 1.54) is 12.7 Å². The number of hydrogen-bond donors (Lipinski definition) is 1. The molecule has 158 valence electrons. The van der Waals surface area contributed by atoms with Crippen LogP contribution in [0, 0.1) is 0 Å². The molecule has 1 aromatic heterocycles. The van der Waals surface area contributed by atoms with Crippen molar-refractivity contribution < 1.29 is 18.7 Å². The van der Waals surface area contributed by atoms with E-state index in [1.807, 2.05) is 30.3 Å². The number of nitrogens with one attached hydrogen (secondary N) is 1. The van der Waals surface area contributed by atoms with E-state index in [0.717, 1.165) is 16.7 Å². The Morgan fingerprint density at radius 2 is 1.68 bits per heavy atom. The van der Waals surface area contributed by atoms with E-state index in [2.05, 4.69) is 36.3 Å². The number of oxazole rings is 1. The van der Waals surface area contributed by atoms with Crippen LogP contribution in [0.5, 0.6) is 11.5 Å². The maximum Gasteiger partial charge on any atom is 0.255 e. The molecule has 0 aliphatic carbocycles. The molecule has 3 aromatic carbocycles. The van der Waals surface area contributed by atoms with E-state index in [4.69, 9.17) is 13.9 Å². The van der Waals surface area contributed by atoms with Crippen molar-refractivity contribution in [3.63, 3.8) is 0 Å². The number of hydrogen-bond acceptors (Lipinski definition) is 5. The van der Waals surface area contributed by atoms with Crippen LogP contribution in [-0.4, -0.2) is 25.1 Å². The molecule has 0 spiro atoms. The van der Waals surface area contributed by atoms with Crippen molar-refractivity contribution >= 4 is 22.7 Å². The van der Waals surface area contributed by atoms with Gasteiger partial charge in [-0.15, -0.1) is 0 Å². The molecule has 0 saturated heterocycles. The molecule has 0 atom stereocenters. The van der Waals surface area contributed by atoms with E-state index >= 15 is 0 Å². The fourth-order valence-electron chi connectivity index (χ4n) is 3.30. The van der Waals surface area contributed by atoms with Gasteiger partial charge in [-0.2, -0.15) is 0 Å². The molecule has 0 aliphatic heterocycles. The van der Waals surface area contributed by atoms with Gasteiger partial charge < -0.3 is 19.2 Å². The molecule has 4 rings (SSSR count). The second-order valence-corrected chi connectivity index (χ2v) is 7.50. The Balaban J connectivity index is 1.52. The molecule has 0 radical (unpaired) electrons. The number of carbonyl (C=O) groups is 1. The third kappa shape index (κ3) is 4.23. The second-order valence-electron chi connectivity index (χ2n) is 7.50. The molecule has 1 heterocycles. The summed E-state index contributed by atoms with van der Waals surface area (Å²) in [6.07, 6.45) is 0. The van der Waals surface area contributed by atoms with Crippen molar-refractivity contribution in [1.82, 2.24) is 4.98 Å². The SMILES string of the molecule is COc1ccc(C(=O)Nc2ccc(-c3nc4cc(C(C)C)ccc4o3)cc2)cc1OC. The minimum absolute atomic E-state index is 0.239. The summed E-state index contributed by atoms with van der Waals surface area (Å²) in [5.41, 5.74) is 4.80. The van der Waals surface area contributed by atoms with Gasteiger partial charge in [-0.3, -0.25) is 4.79 Å². The van der Waals surface area contributed by atoms with Gasteiger partial charge in [0, 0.05) is 16.8 Å². The fourth-order valence-corrected chi connectivity index (χ4v) is 3.30. The molecule has 1 amide bonds. The van der Waals surface area contributed by atoms with Crippen molar-refractivity contribution in [3.05, 3.63) is 71.8 Å². The van der Waals surface area contributed by atoms with Crippen molar-refractivity contribution in [2.45, 2.75) is 19.8 Å². The molecule has 0 saturated carbocycles. The Labute approximate surface area is 180 Å². The van der Waals surface area contributed by atoms with Crippen LogP contribution < -0.4 is 14.8 Å². The van der Waals surface area contributed by atoms with E-state index in [9.17, 15) is 4.79 Å². The number of benzene rings is 3. The summed E-state index contributed by atoms with van der Waals surface area (Å²) in [7, 11) is 3.09. The Morgan fingerprint density at radius 3 is 2.35 bits per heavy atom. The summed E-state index contributed by atoms with van der Waals surface area (Å²) in [6.45, 7) is 4.30. The number of anilines is 1. The predicted molar refractivity (Wildman–Crippen MR) is 121 cm³/mol. The van der Waals surface area contributed by atoms with Crippen molar-refractivity contribution in [2.75, 3.05) is 19.5 Å². The molecule has 4 aromatic rings. The molecule has 6 nitrogen and oxygen atoms in total. The number of aromatic nitrogens is 1. The van der Waals surface area contributed by atoms with Gasteiger partial charge in [-0.1, -0.05) is 19.9 Å². The van der Waals surface area contributed by atoms with Crippen LogP contribution in [0.3, 0.4) is 0 Å². The first-order valence-electron chi connectivity index (χ1n) is 10.0. The zero-order valence-corrected chi connectivity index (χ0v) is 17.9. The van der Waals surface area contributed by atoms with Gasteiger partial charge in [0.2, 0.25) is 5.89 Å². The van der Waals surface area contributed by atoms with Gasteiger partial charge in [-0.25, -0.2) is 4.98 Å². The minimum Gasteiger partial charge on any atom is -0.493 e. The number of ether oxygens (including phenoxy) is 2. The topological polar surface area (TPSA) is 73.6 Å². The third-order valence-electron chi connectivity index (χ3n) is 5.11. The van der Waals surface area contributed by atoms with E-state index in [-0.39, 0.29) is 5.91 Å². The van der Waals surface area contributed by atoms with Crippen LogP contribution in [-0.2, 0) is 0 Å². The van der Waals surface area contributed by atoms with Crippen LogP contribution in [0.25, 0.3) is 22.6 Å². The molecule has 0 aliphatic rings. The minimum atomic E-state index is -0.239. The number of nitrogens with zero attached hydrogens (tertiary/aromatic N) is 1. The highest BCUT2D eigenvalue weighted by atomic mass is 16.5. The summed E-state index contributed by atoms with van der Waals surface area (Å²) < 4.78 is 16.4. The number of carbonyl (C=O) groups excluding carboxylic acids is 1. The lowest BCUT2D eigenvalue weighted by atomic mass is 10.0. The number of rotatable bonds is 6. The summed E-state index contributed by atoms with van der Waals surface area (Å²) in [5.74, 6) is 1.81. The Hall–Kier alpha value is -3.80. The largest absolute Gasteiger partial charge is 0.493 e. The number of amides is 1. The lowest BCUT2D eigenvalue weighted by Gasteiger charge is -2.10. The fraction of sp³-hybridized carbons (Fsp3) is 0.200. The summed E-state index contributed by atoms with van der Waals surface area (Å²) in [6, 6.07) is 18.5. The monoisotopic (exact) mass is 416 g/mol. The standard InChI is InChI=1S/C25H24N2O4/c1-15(2)17-7-11-21-20(13-17)27-25(31-21)16-5-9-19(10-6-16)26-24(28)18-8-12-22(29-3)23(14-18)30-4/h5-15H,1-4H3,(H,26,28). The van der Waals surface area contributed by atoms with Gasteiger partial charge in [-0.05, 0) is 66.1 Å². The van der Waals surface area contributed by atoms with Crippen LogP contribution in [0.1, 0.15) is 35.7 Å². The zero-order valence-electron chi connectivity index (χ0n) is 17.9.